The minimum atomic E-state index is -0.199. The molecule has 1 aliphatic carbocycles. The molecular formula is C21H24N4O2. The van der Waals surface area contributed by atoms with Gasteiger partial charge in [-0.25, -0.2) is 9.97 Å². The van der Waals surface area contributed by atoms with Gasteiger partial charge in [0.25, 0.3) is 0 Å². The van der Waals surface area contributed by atoms with Crippen molar-refractivity contribution in [2.45, 2.75) is 51.2 Å². The number of aryl methyl sites for hydroxylation is 1. The zero-order valence-electron chi connectivity index (χ0n) is 15.5. The van der Waals surface area contributed by atoms with Crippen LogP contribution in [0.1, 0.15) is 48.9 Å². The first kappa shape index (κ1) is 17.7. The van der Waals surface area contributed by atoms with Crippen molar-refractivity contribution in [3.63, 3.8) is 0 Å². The number of aliphatic hydroxyl groups excluding tert-OH is 1. The first-order chi connectivity index (χ1) is 13.2. The molecule has 0 atom stereocenters. The molecule has 0 unspecified atom stereocenters. The van der Waals surface area contributed by atoms with Crippen LogP contribution in [0.5, 0.6) is 5.75 Å². The highest BCUT2D eigenvalue weighted by atomic mass is 16.5. The summed E-state index contributed by atoms with van der Waals surface area (Å²) in [5.41, 5.74) is 0.940. The molecule has 2 heterocycles. The predicted molar refractivity (Wildman–Crippen MR) is 102 cm³/mol. The molecule has 0 bridgehead atoms. The quantitative estimate of drug-likeness (QED) is 0.749. The SMILES string of the molecule is Cc1cccc(-n2nc(COc3ccccc3)nc2C2CCC(O)CC2)n1. The van der Waals surface area contributed by atoms with Crippen LogP contribution in [0.15, 0.2) is 48.5 Å². The third-order valence-corrected chi connectivity index (χ3v) is 4.94. The zero-order chi connectivity index (χ0) is 18.6. The Morgan fingerprint density at radius 1 is 1.00 bits per heavy atom. The van der Waals surface area contributed by atoms with Gasteiger partial charge in [0.1, 0.15) is 18.2 Å². The van der Waals surface area contributed by atoms with E-state index in [1.165, 1.54) is 0 Å². The molecular weight excluding hydrogens is 340 g/mol. The van der Waals surface area contributed by atoms with Crippen molar-refractivity contribution in [1.82, 2.24) is 19.7 Å². The van der Waals surface area contributed by atoms with Crippen LogP contribution >= 0.6 is 0 Å². The topological polar surface area (TPSA) is 73.1 Å². The number of aliphatic hydroxyl groups is 1. The van der Waals surface area contributed by atoms with Gasteiger partial charge >= 0.3 is 0 Å². The summed E-state index contributed by atoms with van der Waals surface area (Å²) in [7, 11) is 0. The summed E-state index contributed by atoms with van der Waals surface area (Å²) in [6, 6.07) is 15.6. The van der Waals surface area contributed by atoms with E-state index in [4.69, 9.17) is 9.72 Å². The van der Waals surface area contributed by atoms with E-state index in [1.54, 1.807) is 0 Å². The number of rotatable bonds is 5. The van der Waals surface area contributed by atoms with E-state index in [2.05, 4.69) is 10.1 Å². The fourth-order valence-electron chi connectivity index (χ4n) is 3.51. The van der Waals surface area contributed by atoms with Gasteiger partial charge in [-0.3, -0.25) is 0 Å². The van der Waals surface area contributed by atoms with Gasteiger partial charge in [0, 0.05) is 11.6 Å². The fourth-order valence-corrected chi connectivity index (χ4v) is 3.51. The van der Waals surface area contributed by atoms with Crippen LogP contribution in [0.4, 0.5) is 0 Å². The van der Waals surface area contributed by atoms with Crippen LogP contribution in [-0.4, -0.2) is 31.0 Å². The van der Waals surface area contributed by atoms with Crippen LogP contribution in [0, 0.1) is 6.92 Å². The molecule has 1 aliphatic rings. The number of para-hydroxylation sites is 1. The highest BCUT2D eigenvalue weighted by molar-refractivity contribution is 5.26. The van der Waals surface area contributed by atoms with E-state index in [0.29, 0.717) is 12.4 Å². The summed E-state index contributed by atoms with van der Waals surface area (Å²) < 4.78 is 7.67. The smallest absolute Gasteiger partial charge is 0.188 e. The molecule has 1 aromatic carbocycles. The van der Waals surface area contributed by atoms with Crippen molar-refractivity contribution >= 4 is 0 Å². The molecule has 0 spiro atoms. The lowest BCUT2D eigenvalue weighted by Crippen LogP contribution is -2.20. The van der Waals surface area contributed by atoms with Gasteiger partial charge in [-0.2, -0.15) is 4.68 Å². The molecule has 0 saturated heterocycles. The van der Waals surface area contributed by atoms with Gasteiger partial charge in [0.2, 0.25) is 0 Å². The second-order valence-corrected chi connectivity index (χ2v) is 7.04. The molecule has 27 heavy (non-hydrogen) atoms. The monoisotopic (exact) mass is 364 g/mol. The Hall–Kier alpha value is -2.73. The third-order valence-electron chi connectivity index (χ3n) is 4.94. The van der Waals surface area contributed by atoms with Crippen molar-refractivity contribution in [2.75, 3.05) is 0 Å². The molecule has 3 aromatic rings. The van der Waals surface area contributed by atoms with Crippen molar-refractivity contribution < 1.29 is 9.84 Å². The molecule has 1 fully saturated rings. The van der Waals surface area contributed by atoms with Gasteiger partial charge in [0.05, 0.1) is 6.10 Å². The van der Waals surface area contributed by atoms with Gasteiger partial charge in [0.15, 0.2) is 11.6 Å². The van der Waals surface area contributed by atoms with Gasteiger partial charge in [-0.15, -0.1) is 5.10 Å². The second kappa shape index (κ2) is 7.88. The largest absolute Gasteiger partial charge is 0.486 e. The fraction of sp³-hybridized carbons (Fsp3) is 0.381. The molecule has 1 N–H and O–H groups in total. The lowest BCUT2D eigenvalue weighted by molar-refractivity contribution is 0.121. The minimum absolute atomic E-state index is 0.199. The molecule has 0 radical (unpaired) electrons. The number of ether oxygens (including phenoxy) is 1. The summed E-state index contributed by atoms with van der Waals surface area (Å²) in [5, 5.41) is 14.5. The van der Waals surface area contributed by atoms with Gasteiger partial charge < -0.3 is 9.84 Å². The maximum Gasteiger partial charge on any atom is 0.188 e. The van der Waals surface area contributed by atoms with E-state index >= 15 is 0 Å². The Balaban J connectivity index is 1.62. The summed E-state index contributed by atoms with van der Waals surface area (Å²) >= 11 is 0. The normalized spacial score (nSPS) is 19.8. The number of hydrogen-bond donors (Lipinski definition) is 1. The predicted octanol–water partition coefficient (Wildman–Crippen LogP) is 3.57. The van der Waals surface area contributed by atoms with Gasteiger partial charge in [-0.05, 0) is 56.9 Å². The molecule has 0 aliphatic heterocycles. The molecule has 140 valence electrons. The summed E-state index contributed by atoms with van der Waals surface area (Å²) in [5.74, 6) is 3.39. The molecule has 6 heteroatoms. The first-order valence-electron chi connectivity index (χ1n) is 9.45. The molecule has 4 rings (SSSR count). The van der Waals surface area contributed by atoms with Gasteiger partial charge in [-0.1, -0.05) is 24.3 Å². The van der Waals surface area contributed by atoms with Crippen molar-refractivity contribution in [1.29, 1.82) is 0 Å². The third kappa shape index (κ3) is 4.17. The van der Waals surface area contributed by atoms with Crippen molar-refractivity contribution in [3.05, 3.63) is 65.9 Å². The number of pyridine rings is 1. The summed E-state index contributed by atoms with van der Waals surface area (Å²) in [6.45, 7) is 2.28. The van der Waals surface area contributed by atoms with E-state index < -0.39 is 0 Å². The van der Waals surface area contributed by atoms with Crippen LogP contribution < -0.4 is 4.74 Å². The Bertz CT molecular complexity index is 886. The average molecular weight is 364 g/mol. The average Bonchev–Trinajstić information content (AvgIpc) is 3.12. The number of hydrogen-bond acceptors (Lipinski definition) is 5. The summed E-state index contributed by atoms with van der Waals surface area (Å²) in [6.07, 6.45) is 3.22. The van der Waals surface area contributed by atoms with Crippen LogP contribution in [0.25, 0.3) is 5.82 Å². The Morgan fingerprint density at radius 3 is 2.52 bits per heavy atom. The Morgan fingerprint density at radius 2 is 1.78 bits per heavy atom. The second-order valence-electron chi connectivity index (χ2n) is 7.04. The molecule has 6 nitrogen and oxygen atoms in total. The minimum Gasteiger partial charge on any atom is -0.486 e. The number of aromatic nitrogens is 4. The standard InChI is InChI=1S/C21H24N4O2/c1-15-6-5-9-20(22-15)25-21(16-10-12-17(26)13-11-16)23-19(24-25)14-27-18-7-3-2-4-8-18/h2-9,16-17,26H,10-14H2,1H3. The van der Waals surface area contributed by atoms with Crippen LogP contribution in [0.2, 0.25) is 0 Å². The summed E-state index contributed by atoms with van der Waals surface area (Å²) in [4.78, 5) is 9.40. The van der Waals surface area contributed by atoms with E-state index in [1.807, 2.05) is 60.1 Å². The maximum absolute atomic E-state index is 9.84. The molecule has 0 amide bonds. The molecule has 2 aromatic heterocycles. The Kier molecular flexibility index (Phi) is 5.16. The Labute approximate surface area is 158 Å². The highest BCUT2D eigenvalue weighted by Crippen LogP contribution is 2.32. The number of benzene rings is 1. The van der Waals surface area contributed by atoms with Crippen LogP contribution in [0.3, 0.4) is 0 Å². The van der Waals surface area contributed by atoms with E-state index in [9.17, 15) is 5.11 Å². The van der Waals surface area contributed by atoms with E-state index in [-0.39, 0.29) is 12.0 Å². The lowest BCUT2D eigenvalue weighted by Gasteiger charge is -2.24. The number of nitrogens with zero attached hydrogens (tertiary/aromatic N) is 4. The van der Waals surface area contributed by atoms with Crippen molar-refractivity contribution in [2.24, 2.45) is 0 Å². The highest BCUT2D eigenvalue weighted by Gasteiger charge is 2.27. The first-order valence-corrected chi connectivity index (χ1v) is 9.45. The van der Waals surface area contributed by atoms with Crippen molar-refractivity contribution in [3.8, 4) is 11.6 Å². The van der Waals surface area contributed by atoms with Crippen LogP contribution in [-0.2, 0) is 6.61 Å². The zero-order valence-corrected chi connectivity index (χ0v) is 15.5. The van der Waals surface area contributed by atoms with E-state index in [0.717, 1.165) is 48.8 Å². The maximum atomic E-state index is 9.84. The molecule has 1 saturated carbocycles. The lowest BCUT2D eigenvalue weighted by atomic mass is 9.87.